The minimum atomic E-state index is -4.56. The number of rotatable bonds is 5. The van der Waals surface area contributed by atoms with Crippen molar-refractivity contribution < 1.29 is 27.2 Å². The van der Waals surface area contributed by atoms with E-state index in [1.54, 1.807) is 18.2 Å². The maximum atomic E-state index is 13.3. The van der Waals surface area contributed by atoms with Gasteiger partial charge < -0.3 is 5.32 Å². The highest BCUT2D eigenvalue weighted by atomic mass is 32.2. The van der Waals surface area contributed by atoms with Gasteiger partial charge in [-0.1, -0.05) is 42.1 Å². The first-order valence-electron chi connectivity index (χ1n) is 10.9. The molecular weight excluding hydrogens is 494 g/mol. The SMILES string of the molecule is Cc1cccc(NC(=O)C2CC(=O)N(Cc3ccc(F)cc3)C(=Nc3cccc(C(F)(F)F)c3)S2)c1. The molecular formula is C26H21F4N3O2S. The van der Waals surface area contributed by atoms with Gasteiger partial charge in [0.2, 0.25) is 11.8 Å². The van der Waals surface area contributed by atoms with Crippen LogP contribution in [0.5, 0.6) is 0 Å². The standard InChI is InChI=1S/C26H21F4N3O2S/c1-16-4-2-6-20(12-16)31-24(35)22-14-23(34)33(15-17-8-10-19(27)11-9-17)25(36-22)32-21-7-3-5-18(13-21)26(28,29)30/h2-13,22H,14-15H2,1H3,(H,31,35). The van der Waals surface area contributed by atoms with Gasteiger partial charge in [0.25, 0.3) is 0 Å². The van der Waals surface area contributed by atoms with Gasteiger partial charge in [-0.2, -0.15) is 13.2 Å². The number of amidine groups is 1. The molecule has 186 valence electrons. The van der Waals surface area contributed by atoms with Crippen LogP contribution >= 0.6 is 11.8 Å². The van der Waals surface area contributed by atoms with Gasteiger partial charge in [0.1, 0.15) is 11.1 Å². The van der Waals surface area contributed by atoms with E-state index < -0.39 is 34.6 Å². The molecule has 0 radical (unpaired) electrons. The minimum absolute atomic E-state index is 0.0102. The monoisotopic (exact) mass is 515 g/mol. The van der Waals surface area contributed by atoms with Crippen molar-refractivity contribution >= 4 is 40.1 Å². The lowest BCUT2D eigenvalue weighted by Gasteiger charge is -2.32. The van der Waals surface area contributed by atoms with E-state index in [-0.39, 0.29) is 23.8 Å². The van der Waals surface area contributed by atoms with Crippen LogP contribution in [0.3, 0.4) is 0 Å². The molecule has 0 aromatic heterocycles. The van der Waals surface area contributed by atoms with Crippen LogP contribution in [0.15, 0.2) is 77.8 Å². The first-order valence-corrected chi connectivity index (χ1v) is 11.8. The second-order valence-electron chi connectivity index (χ2n) is 8.22. The van der Waals surface area contributed by atoms with E-state index in [0.717, 1.165) is 29.5 Å². The fourth-order valence-electron chi connectivity index (χ4n) is 3.58. The number of aliphatic imine (C=N–C) groups is 1. The summed E-state index contributed by atoms with van der Waals surface area (Å²) in [6.45, 7) is 1.90. The third kappa shape index (κ3) is 6.31. The van der Waals surface area contributed by atoms with Crippen LogP contribution in [-0.4, -0.2) is 27.1 Å². The van der Waals surface area contributed by atoms with Gasteiger partial charge in [0, 0.05) is 12.1 Å². The molecule has 0 aliphatic carbocycles. The quantitative estimate of drug-likeness (QED) is 0.405. The molecule has 5 nitrogen and oxygen atoms in total. The molecule has 10 heteroatoms. The highest BCUT2D eigenvalue weighted by molar-refractivity contribution is 8.15. The van der Waals surface area contributed by atoms with E-state index in [9.17, 15) is 27.2 Å². The fourth-order valence-corrected chi connectivity index (χ4v) is 4.67. The van der Waals surface area contributed by atoms with Gasteiger partial charge in [0.15, 0.2) is 5.17 Å². The van der Waals surface area contributed by atoms with Crippen LogP contribution in [0, 0.1) is 12.7 Å². The zero-order chi connectivity index (χ0) is 25.9. The van der Waals surface area contributed by atoms with Crippen molar-refractivity contribution in [1.29, 1.82) is 0 Å². The number of aryl methyl sites for hydroxylation is 1. The molecule has 1 aliphatic rings. The Bertz CT molecular complexity index is 1310. The Balaban J connectivity index is 1.64. The predicted octanol–water partition coefficient (Wildman–Crippen LogP) is 6.31. The number of nitrogens with zero attached hydrogens (tertiary/aromatic N) is 2. The maximum absolute atomic E-state index is 13.3. The summed E-state index contributed by atoms with van der Waals surface area (Å²) in [6, 6.07) is 17.1. The Morgan fingerprint density at radius 2 is 1.81 bits per heavy atom. The van der Waals surface area contributed by atoms with E-state index in [1.165, 1.54) is 41.3 Å². The van der Waals surface area contributed by atoms with Gasteiger partial charge in [-0.3, -0.25) is 14.5 Å². The number of carbonyl (C=O) groups excluding carboxylic acids is 2. The van der Waals surface area contributed by atoms with Gasteiger partial charge >= 0.3 is 6.18 Å². The van der Waals surface area contributed by atoms with Crippen molar-refractivity contribution in [2.75, 3.05) is 5.32 Å². The molecule has 3 aromatic rings. The third-order valence-corrected chi connectivity index (χ3v) is 6.56. The molecule has 36 heavy (non-hydrogen) atoms. The van der Waals surface area contributed by atoms with Gasteiger partial charge in [-0.05, 0) is 60.5 Å². The van der Waals surface area contributed by atoms with E-state index in [2.05, 4.69) is 10.3 Å². The number of hydrogen-bond donors (Lipinski definition) is 1. The molecule has 0 spiro atoms. The topological polar surface area (TPSA) is 61.8 Å². The summed E-state index contributed by atoms with van der Waals surface area (Å²) >= 11 is 0.993. The molecule has 1 saturated heterocycles. The average molecular weight is 516 g/mol. The number of halogens is 4. The first kappa shape index (κ1) is 25.4. The van der Waals surface area contributed by atoms with E-state index in [1.807, 2.05) is 13.0 Å². The molecule has 0 bridgehead atoms. The zero-order valence-electron chi connectivity index (χ0n) is 19.1. The van der Waals surface area contributed by atoms with Gasteiger partial charge in [0.05, 0.1) is 17.8 Å². The Kier molecular flexibility index (Phi) is 7.44. The highest BCUT2D eigenvalue weighted by Gasteiger charge is 2.36. The summed E-state index contributed by atoms with van der Waals surface area (Å²) in [5.41, 5.74) is 1.22. The molecule has 1 aliphatic heterocycles. The highest BCUT2D eigenvalue weighted by Crippen LogP contribution is 2.34. The van der Waals surface area contributed by atoms with E-state index >= 15 is 0 Å². The summed E-state index contributed by atoms with van der Waals surface area (Å²) in [6.07, 6.45) is -4.69. The van der Waals surface area contributed by atoms with Gasteiger partial charge in [-0.25, -0.2) is 9.38 Å². The number of benzene rings is 3. The molecule has 0 saturated carbocycles. The molecule has 2 amide bonds. The number of thioether (sulfide) groups is 1. The summed E-state index contributed by atoms with van der Waals surface area (Å²) in [5, 5.41) is 2.02. The lowest BCUT2D eigenvalue weighted by Crippen LogP contribution is -2.44. The maximum Gasteiger partial charge on any atom is 0.416 e. The molecule has 1 N–H and O–H groups in total. The van der Waals surface area contributed by atoms with Crippen LogP contribution in [0.2, 0.25) is 0 Å². The van der Waals surface area contributed by atoms with Crippen molar-refractivity contribution in [3.8, 4) is 0 Å². The normalized spacial score (nSPS) is 17.4. The van der Waals surface area contributed by atoms with Crippen molar-refractivity contribution in [3.63, 3.8) is 0 Å². The number of amides is 2. The van der Waals surface area contributed by atoms with Crippen LogP contribution < -0.4 is 5.32 Å². The van der Waals surface area contributed by atoms with Crippen molar-refractivity contribution in [1.82, 2.24) is 4.90 Å². The van der Waals surface area contributed by atoms with Crippen molar-refractivity contribution in [2.24, 2.45) is 4.99 Å². The molecule has 3 aromatic carbocycles. The number of anilines is 1. The molecule has 4 rings (SSSR count). The van der Waals surface area contributed by atoms with Crippen molar-refractivity contribution in [2.45, 2.75) is 31.3 Å². The third-order valence-electron chi connectivity index (χ3n) is 5.37. The Labute approximate surface area is 209 Å². The van der Waals surface area contributed by atoms with Crippen LogP contribution in [0.25, 0.3) is 0 Å². The number of hydrogen-bond acceptors (Lipinski definition) is 4. The Hall–Kier alpha value is -3.66. The first-order chi connectivity index (χ1) is 17.1. The molecule has 1 atom stereocenters. The zero-order valence-corrected chi connectivity index (χ0v) is 19.9. The summed E-state index contributed by atoms with van der Waals surface area (Å²) in [7, 11) is 0. The van der Waals surface area contributed by atoms with Crippen LogP contribution in [0.1, 0.15) is 23.1 Å². The second-order valence-corrected chi connectivity index (χ2v) is 9.39. The molecule has 1 fully saturated rings. The summed E-state index contributed by atoms with van der Waals surface area (Å²) in [5.74, 6) is -1.28. The van der Waals surface area contributed by atoms with Crippen LogP contribution in [0.4, 0.5) is 28.9 Å². The van der Waals surface area contributed by atoms with Crippen LogP contribution in [-0.2, 0) is 22.3 Å². The van der Waals surface area contributed by atoms with Crippen molar-refractivity contribution in [3.05, 3.63) is 95.3 Å². The predicted molar refractivity (Wildman–Crippen MR) is 131 cm³/mol. The number of carbonyl (C=O) groups is 2. The number of alkyl halides is 3. The smallest absolute Gasteiger partial charge is 0.325 e. The lowest BCUT2D eigenvalue weighted by atomic mass is 10.2. The summed E-state index contributed by atoms with van der Waals surface area (Å²) in [4.78, 5) is 31.7. The second kappa shape index (κ2) is 10.5. The minimum Gasteiger partial charge on any atom is -0.325 e. The van der Waals surface area contributed by atoms with E-state index in [4.69, 9.17) is 0 Å². The largest absolute Gasteiger partial charge is 0.416 e. The average Bonchev–Trinajstić information content (AvgIpc) is 2.82. The Morgan fingerprint density at radius 3 is 2.50 bits per heavy atom. The summed E-state index contributed by atoms with van der Waals surface area (Å²) < 4.78 is 53.0. The fraction of sp³-hybridized carbons (Fsp3) is 0.192. The molecule has 1 unspecified atom stereocenters. The number of nitrogens with one attached hydrogen (secondary N) is 1. The Morgan fingerprint density at radius 1 is 1.08 bits per heavy atom. The van der Waals surface area contributed by atoms with Gasteiger partial charge in [-0.15, -0.1) is 0 Å². The molecule has 1 heterocycles. The lowest BCUT2D eigenvalue weighted by molar-refractivity contribution is -0.137. The van der Waals surface area contributed by atoms with E-state index in [0.29, 0.717) is 11.3 Å².